The molecule has 0 amide bonds. The van der Waals surface area contributed by atoms with E-state index in [1.54, 1.807) is 0 Å². The third kappa shape index (κ3) is 10.7. The van der Waals surface area contributed by atoms with E-state index in [1.165, 1.54) is 0 Å². The van der Waals surface area contributed by atoms with Crippen LogP contribution in [-0.2, 0) is 19.6 Å². The highest BCUT2D eigenvalue weighted by atomic mass is 32.2. The van der Waals surface area contributed by atoms with Gasteiger partial charge in [-0.3, -0.25) is 4.79 Å². The van der Waals surface area contributed by atoms with Crippen molar-refractivity contribution >= 4 is 16.0 Å². The van der Waals surface area contributed by atoms with Crippen molar-refractivity contribution in [2.24, 2.45) is 16.7 Å². The van der Waals surface area contributed by atoms with E-state index < -0.39 is 10.0 Å². The molecule has 0 spiro atoms. The van der Waals surface area contributed by atoms with Crippen LogP contribution in [-0.4, -0.2) is 33.8 Å². The number of carbonyl (C=O) groups excluding carboxylic acids is 1. The zero-order valence-electron chi connectivity index (χ0n) is 14.4. The maximum Gasteiger partial charge on any atom is 0.309 e. The molecule has 0 aromatic rings. The van der Waals surface area contributed by atoms with Crippen molar-refractivity contribution < 1.29 is 17.9 Å². The van der Waals surface area contributed by atoms with Gasteiger partial charge >= 0.3 is 5.97 Å². The summed E-state index contributed by atoms with van der Waals surface area (Å²) in [5.41, 5.74) is -0.107. The van der Waals surface area contributed by atoms with E-state index >= 15 is 0 Å². The summed E-state index contributed by atoms with van der Waals surface area (Å²) in [5, 5.41) is 0. The van der Waals surface area contributed by atoms with Gasteiger partial charge in [-0.1, -0.05) is 41.5 Å². The average molecular weight is 321 g/mol. The molecule has 0 radical (unpaired) electrons. The van der Waals surface area contributed by atoms with Gasteiger partial charge in [-0.25, -0.2) is 13.1 Å². The van der Waals surface area contributed by atoms with Crippen LogP contribution in [0.2, 0.25) is 0 Å². The van der Waals surface area contributed by atoms with Crippen molar-refractivity contribution in [3.05, 3.63) is 0 Å². The summed E-state index contributed by atoms with van der Waals surface area (Å²) < 4.78 is 29.5. The van der Waals surface area contributed by atoms with Crippen LogP contribution >= 0.6 is 0 Å². The molecule has 0 aromatic heterocycles. The summed E-state index contributed by atoms with van der Waals surface area (Å²) >= 11 is 0. The topological polar surface area (TPSA) is 72.5 Å². The first-order valence-corrected chi connectivity index (χ1v) is 9.23. The van der Waals surface area contributed by atoms with Crippen LogP contribution < -0.4 is 4.72 Å². The Morgan fingerprint density at radius 3 is 2.05 bits per heavy atom. The summed E-state index contributed by atoms with van der Waals surface area (Å²) in [6.07, 6.45) is 2.35. The van der Waals surface area contributed by atoms with Crippen LogP contribution in [0.15, 0.2) is 0 Å². The lowest BCUT2D eigenvalue weighted by molar-refractivity contribution is -0.154. The van der Waals surface area contributed by atoms with Gasteiger partial charge in [-0.15, -0.1) is 0 Å². The summed E-state index contributed by atoms with van der Waals surface area (Å²) in [7, 11) is -3.18. The summed E-state index contributed by atoms with van der Waals surface area (Å²) in [4.78, 5) is 12.3. The number of ether oxygens (including phenoxy) is 1. The molecule has 126 valence electrons. The molecule has 0 heterocycles. The van der Waals surface area contributed by atoms with Gasteiger partial charge in [0.15, 0.2) is 0 Å². The third-order valence-electron chi connectivity index (χ3n) is 3.08. The molecule has 0 aliphatic heterocycles. The van der Waals surface area contributed by atoms with Gasteiger partial charge in [-0.05, 0) is 23.7 Å². The molecule has 0 bridgehead atoms. The predicted octanol–water partition coefficient (Wildman–Crippen LogP) is 2.57. The Labute approximate surface area is 129 Å². The fraction of sp³-hybridized carbons (Fsp3) is 0.933. The van der Waals surface area contributed by atoms with Crippen molar-refractivity contribution in [3.63, 3.8) is 0 Å². The van der Waals surface area contributed by atoms with Crippen LogP contribution in [0.5, 0.6) is 0 Å². The number of hydrogen-bond acceptors (Lipinski definition) is 4. The molecular formula is C15H31NO4S. The Kier molecular flexibility index (Phi) is 7.36. The highest BCUT2D eigenvalue weighted by Crippen LogP contribution is 2.36. The molecule has 0 fully saturated rings. The summed E-state index contributed by atoms with van der Waals surface area (Å²) in [5.74, 6) is -0.364. The molecule has 0 aliphatic carbocycles. The number of sulfonamides is 1. The van der Waals surface area contributed by atoms with Gasteiger partial charge in [0.05, 0.1) is 18.8 Å². The predicted molar refractivity (Wildman–Crippen MR) is 85.4 cm³/mol. The van der Waals surface area contributed by atoms with Crippen molar-refractivity contribution in [3.8, 4) is 0 Å². The third-order valence-corrected chi connectivity index (χ3v) is 3.80. The highest BCUT2D eigenvalue weighted by molar-refractivity contribution is 7.88. The maximum absolute atomic E-state index is 12.3. The lowest BCUT2D eigenvalue weighted by Crippen LogP contribution is -2.34. The minimum absolute atomic E-state index is 0.0504. The Morgan fingerprint density at radius 2 is 1.67 bits per heavy atom. The standard InChI is InChI=1S/C15H31NO4S/c1-14(2,3)11-12(15(4,5)6)13(17)20-10-8-9-16-21(7,18)19/h12,16H,8-11H2,1-7H3. The molecule has 6 heteroatoms. The second-order valence-electron chi connectivity index (χ2n) is 7.87. The van der Waals surface area contributed by atoms with Gasteiger partial charge < -0.3 is 4.74 Å². The maximum atomic E-state index is 12.3. The van der Waals surface area contributed by atoms with E-state index in [0.29, 0.717) is 6.42 Å². The molecule has 0 aromatic carbocycles. The molecule has 0 aliphatic rings. The molecule has 1 atom stereocenters. The smallest absolute Gasteiger partial charge is 0.309 e. The molecule has 21 heavy (non-hydrogen) atoms. The van der Waals surface area contributed by atoms with E-state index in [4.69, 9.17) is 4.74 Å². The van der Waals surface area contributed by atoms with E-state index in [-0.39, 0.29) is 35.9 Å². The Balaban J connectivity index is 4.37. The fourth-order valence-electron chi connectivity index (χ4n) is 1.96. The summed E-state index contributed by atoms with van der Waals surface area (Å²) in [6, 6.07) is 0. The first kappa shape index (κ1) is 20.4. The Hall–Kier alpha value is -0.620. The first-order chi connectivity index (χ1) is 9.22. The van der Waals surface area contributed by atoms with Gasteiger partial charge in [0.1, 0.15) is 0 Å². The second kappa shape index (κ2) is 7.58. The largest absolute Gasteiger partial charge is 0.465 e. The Bertz CT molecular complexity index is 430. The van der Waals surface area contributed by atoms with Crippen LogP contribution in [0.25, 0.3) is 0 Å². The lowest BCUT2D eigenvalue weighted by Gasteiger charge is -2.33. The SMILES string of the molecule is CC(C)(C)CC(C(=O)OCCCNS(C)(=O)=O)C(C)(C)C. The molecule has 0 saturated heterocycles. The van der Waals surface area contributed by atoms with E-state index in [1.807, 2.05) is 20.8 Å². The molecular weight excluding hydrogens is 290 g/mol. The number of carbonyl (C=O) groups is 1. The average Bonchev–Trinajstić information content (AvgIpc) is 2.20. The fourth-order valence-corrected chi connectivity index (χ4v) is 2.47. The van der Waals surface area contributed by atoms with Crippen molar-refractivity contribution in [2.75, 3.05) is 19.4 Å². The van der Waals surface area contributed by atoms with Crippen molar-refractivity contribution in [2.45, 2.75) is 54.4 Å². The van der Waals surface area contributed by atoms with Gasteiger partial charge in [0, 0.05) is 6.54 Å². The number of hydrogen-bond donors (Lipinski definition) is 1. The number of nitrogens with one attached hydrogen (secondary N) is 1. The normalized spacial score (nSPS) is 14.8. The Morgan fingerprint density at radius 1 is 1.14 bits per heavy atom. The van der Waals surface area contributed by atoms with Gasteiger partial charge in [0.2, 0.25) is 10.0 Å². The lowest BCUT2D eigenvalue weighted by atomic mass is 9.72. The molecule has 1 N–H and O–H groups in total. The molecule has 1 unspecified atom stereocenters. The van der Waals surface area contributed by atoms with Crippen LogP contribution in [0, 0.1) is 16.7 Å². The van der Waals surface area contributed by atoms with E-state index in [2.05, 4.69) is 25.5 Å². The summed E-state index contributed by atoms with van der Waals surface area (Å²) in [6.45, 7) is 12.9. The van der Waals surface area contributed by atoms with E-state index in [9.17, 15) is 13.2 Å². The zero-order chi connectivity index (χ0) is 16.9. The number of esters is 1. The minimum Gasteiger partial charge on any atom is -0.465 e. The number of rotatable bonds is 7. The van der Waals surface area contributed by atoms with Crippen LogP contribution in [0.3, 0.4) is 0 Å². The molecule has 0 saturated carbocycles. The zero-order valence-corrected chi connectivity index (χ0v) is 15.3. The molecule has 5 nitrogen and oxygen atoms in total. The second-order valence-corrected chi connectivity index (χ2v) is 9.70. The van der Waals surface area contributed by atoms with Gasteiger partial charge in [-0.2, -0.15) is 0 Å². The van der Waals surface area contributed by atoms with Crippen molar-refractivity contribution in [1.82, 2.24) is 4.72 Å². The van der Waals surface area contributed by atoms with Crippen LogP contribution in [0.4, 0.5) is 0 Å². The monoisotopic (exact) mass is 321 g/mol. The first-order valence-electron chi connectivity index (χ1n) is 7.34. The van der Waals surface area contributed by atoms with Crippen LogP contribution in [0.1, 0.15) is 54.4 Å². The van der Waals surface area contributed by atoms with Crippen molar-refractivity contribution in [1.29, 1.82) is 0 Å². The minimum atomic E-state index is -3.18. The van der Waals surface area contributed by atoms with Gasteiger partial charge in [0.25, 0.3) is 0 Å². The van der Waals surface area contributed by atoms with E-state index in [0.717, 1.165) is 12.7 Å². The highest BCUT2D eigenvalue weighted by Gasteiger charge is 2.35. The quantitative estimate of drug-likeness (QED) is 0.578. The molecule has 0 rings (SSSR count).